The Kier molecular flexibility index (Phi) is 13.1. The van der Waals surface area contributed by atoms with Crippen molar-refractivity contribution in [2.24, 2.45) is 0 Å². The van der Waals surface area contributed by atoms with Gasteiger partial charge in [0.25, 0.3) is 0 Å². The molecule has 0 spiro atoms. The van der Waals surface area contributed by atoms with Crippen molar-refractivity contribution in [2.45, 2.75) is 116 Å². The van der Waals surface area contributed by atoms with Crippen LogP contribution in [0.2, 0.25) is 0 Å². The van der Waals surface area contributed by atoms with E-state index >= 15 is 0 Å². The van der Waals surface area contributed by atoms with E-state index in [1.807, 2.05) is 0 Å². The van der Waals surface area contributed by atoms with Crippen LogP contribution in [0.4, 0.5) is 0 Å². The first-order valence-corrected chi connectivity index (χ1v) is 11.1. The molecule has 0 unspecified atom stereocenters. The Hall–Kier alpha value is -1.40. The fourth-order valence-electron chi connectivity index (χ4n) is 4.08. The Balaban J connectivity index is 0.000000543. The number of hydrogen-bond acceptors (Lipinski definition) is 4. The van der Waals surface area contributed by atoms with E-state index in [1.54, 1.807) is 0 Å². The lowest BCUT2D eigenvalue weighted by Gasteiger charge is -2.46. The summed E-state index contributed by atoms with van der Waals surface area (Å²) in [7, 11) is 0. The molecule has 1 heterocycles. The summed E-state index contributed by atoms with van der Waals surface area (Å²) in [6.07, 6.45) is 9.97. The quantitative estimate of drug-likeness (QED) is 0.289. The van der Waals surface area contributed by atoms with Gasteiger partial charge < -0.3 is 20.8 Å². The summed E-state index contributed by atoms with van der Waals surface area (Å²) < 4.78 is 0. The number of unbranched alkanes of at least 4 members (excludes halogenated alkanes) is 4. The molecule has 29 heavy (non-hydrogen) atoms. The van der Waals surface area contributed by atoms with Crippen molar-refractivity contribution in [1.82, 2.24) is 10.6 Å². The first kappa shape index (κ1) is 27.6. The number of piperidine rings is 1. The van der Waals surface area contributed by atoms with Crippen LogP contribution in [0.1, 0.15) is 99.3 Å². The van der Waals surface area contributed by atoms with Gasteiger partial charge in [-0.25, -0.2) is 9.59 Å². The topological polar surface area (TPSA) is 98.7 Å². The van der Waals surface area contributed by atoms with Crippen LogP contribution in [-0.2, 0) is 9.59 Å². The molecule has 1 aliphatic heterocycles. The van der Waals surface area contributed by atoms with E-state index in [-0.39, 0.29) is 16.7 Å². The number of aliphatic carboxylic acids is 2. The van der Waals surface area contributed by atoms with E-state index in [0.717, 1.165) is 31.8 Å². The number of carbonyl (C=O) groups is 2. The normalized spacial score (nSPS) is 18.6. The highest BCUT2D eigenvalue weighted by molar-refractivity contribution is 5.94. The van der Waals surface area contributed by atoms with Crippen LogP contribution < -0.4 is 10.6 Å². The van der Waals surface area contributed by atoms with Crippen molar-refractivity contribution in [3.05, 3.63) is 11.6 Å². The van der Waals surface area contributed by atoms with Crippen molar-refractivity contribution in [2.75, 3.05) is 6.54 Å². The maximum absolute atomic E-state index is 10.6. The standard InChI is InChI=1S/C13H28N2.C10H16O4/c1-6-7-8-14-11-9-12(2,3)15-13(4,5)10-11;1-2-3-4-5-6-8(10(13)14)7-9(11)12/h11,14-15H,6-10H2,1-5H3;7H,2-6H2,1H3,(H,11,12)(H,13,14). The molecule has 0 amide bonds. The number of carboxylic acid groups (broad SMARTS) is 2. The molecule has 0 saturated carbocycles. The largest absolute Gasteiger partial charge is 0.478 e. The minimum atomic E-state index is -1.20. The van der Waals surface area contributed by atoms with Gasteiger partial charge in [-0.1, -0.05) is 39.5 Å². The van der Waals surface area contributed by atoms with Crippen molar-refractivity contribution >= 4 is 11.9 Å². The third kappa shape index (κ3) is 14.3. The van der Waals surface area contributed by atoms with Crippen LogP contribution in [0.25, 0.3) is 0 Å². The van der Waals surface area contributed by atoms with Crippen LogP contribution in [0, 0.1) is 0 Å². The molecule has 0 aromatic rings. The van der Waals surface area contributed by atoms with Gasteiger partial charge in [0.05, 0.1) is 0 Å². The van der Waals surface area contributed by atoms with Crippen LogP contribution in [-0.4, -0.2) is 45.8 Å². The first-order valence-electron chi connectivity index (χ1n) is 11.1. The maximum atomic E-state index is 10.6. The highest BCUT2D eigenvalue weighted by Crippen LogP contribution is 2.28. The minimum Gasteiger partial charge on any atom is -0.478 e. The molecule has 1 saturated heterocycles. The summed E-state index contributed by atoms with van der Waals surface area (Å²) >= 11 is 0. The third-order valence-corrected chi connectivity index (χ3v) is 5.03. The SMILES string of the molecule is CCCCCCC(=CC(=O)O)C(=O)O.CCCCNC1CC(C)(C)NC(C)(C)C1. The Morgan fingerprint density at radius 2 is 1.52 bits per heavy atom. The smallest absolute Gasteiger partial charge is 0.331 e. The molecule has 6 nitrogen and oxygen atoms in total. The Morgan fingerprint density at radius 3 is 1.97 bits per heavy atom. The summed E-state index contributed by atoms with van der Waals surface area (Å²) in [5.41, 5.74) is 0.519. The number of nitrogens with one attached hydrogen (secondary N) is 2. The first-order chi connectivity index (χ1) is 13.4. The predicted molar refractivity (Wildman–Crippen MR) is 119 cm³/mol. The van der Waals surface area contributed by atoms with E-state index in [9.17, 15) is 9.59 Å². The molecule has 0 radical (unpaired) electrons. The van der Waals surface area contributed by atoms with Gasteiger partial charge in [0.1, 0.15) is 0 Å². The molecular formula is C23H44N2O4. The van der Waals surface area contributed by atoms with Gasteiger partial charge in [0, 0.05) is 28.8 Å². The summed E-state index contributed by atoms with van der Waals surface area (Å²) in [4.78, 5) is 20.8. The predicted octanol–water partition coefficient (Wildman–Crippen LogP) is 4.74. The highest BCUT2D eigenvalue weighted by Gasteiger charge is 2.37. The Bertz CT molecular complexity index is 511. The van der Waals surface area contributed by atoms with Gasteiger partial charge in [-0.05, 0) is 66.3 Å². The molecule has 1 aliphatic rings. The second-order valence-corrected chi connectivity index (χ2v) is 9.43. The van der Waals surface area contributed by atoms with E-state index < -0.39 is 11.9 Å². The molecule has 170 valence electrons. The van der Waals surface area contributed by atoms with E-state index in [4.69, 9.17) is 10.2 Å². The van der Waals surface area contributed by atoms with Crippen LogP contribution in [0.5, 0.6) is 0 Å². The zero-order valence-corrected chi connectivity index (χ0v) is 19.4. The molecule has 1 fully saturated rings. The van der Waals surface area contributed by atoms with Gasteiger partial charge in [-0.3, -0.25) is 0 Å². The summed E-state index contributed by atoms with van der Waals surface area (Å²) in [6.45, 7) is 14.7. The Morgan fingerprint density at radius 1 is 0.966 bits per heavy atom. The van der Waals surface area contributed by atoms with Crippen molar-refractivity contribution < 1.29 is 19.8 Å². The summed E-state index contributed by atoms with van der Waals surface area (Å²) in [6, 6.07) is 0.683. The molecular weight excluding hydrogens is 368 g/mol. The third-order valence-electron chi connectivity index (χ3n) is 5.03. The average Bonchev–Trinajstić information content (AvgIpc) is 2.55. The van der Waals surface area contributed by atoms with E-state index in [2.05, 4.69) is 52.2 Å². The fourth-order valence-corrected chi connectivity index (χ4v) is 4.08. The van der Waals surface area contributed by atoms with Crippen molar-refractivity contribution in [1.29, 1.82) is 0 Å². The van der Waals surface area contributed by atoms with Gasteiger partial charge in [0.2, 0.25) is 0 Å². The molecule has 6 heteroatoms. The number of rotatable bonds is 11. The van der Waals surface area contributed by atoms with Crippen LogP contribution in [0.15, 0.2) is 11.6 Å². The van der Waals surface area contributed by atoms with Crippen molar-refractivity contribution in [3.63, 3.8) is 0 Å². The zero-order chi connectivity index (χ0) is 22.5. The van der Waals surface area contributed by atoms with Crippen LogP contribution >= 0.6 is 0 Å². The van der Waals surface area contributed by atoms with Crippen molar-refractivity contribution in [3.8, 4) is 0 Å². The Labute approximate surface area is 177 Å². The molecule has 4 N–H and O–H groups in total. The second kappa shape index (κ2) is 13.8. The molecule has 0 bridgehead atoms. The van der Waals surface area contributed by atoms with Gasteiger partial charge in [-0.2, -0.15) is 0 Å². The monoisotopic (exact) mass is 412 g/mol. The van der Waals surface area contributed by atoms with Gasteiger partial charge in [0.15, 0.2) is 0 Å². The number of hydrogen-bond donors (Lipinski definition) is 4. The lowest BCUT2D eigenvalue weighted by atomic mass is 9.79. The lowest BCUT2D eigenvalue weighted by molar-refractivity contribution is -0.135. The number of carboxylic acids is 2. The van der Waals surface area contributed by atoms with Crippen LogP contribution in [0.3, 0.4) is 0 Å². The highest BCUT2D eigenvalue weighted by atomic mass is 16.4. The van der Waals surface area contributed by atoms with Gasteiger partial charge in [-0.15, -0.1) is 0 Å². The summed E-state index contributed by atoms with van der Waals surface area (Å²) in [5, 5.41) is 24.4. The molecule has 1 rings (SSSR count). The fraction of sp³-hybridized carbons (Fsp3) is 0.826. The lowest BCUT2D eigenvalue weighted by Crippen LogP contribution is -2.61. The van der Waals surface area contributed by atoms with E-state index in [0.29, 0.717) is 12.5 Å². The van der Waals surface area contributed by atoms with E-state index in [1.165, 1.54) is 32.2 Å². The van der Waals surface area contributed by atoms with Gasteiger partial charge >= 0.3 is 11.9 Å². The molecule has 0 aromatic heterocycles. The maximum Gasteiger partial charge on any atom is 0.331 e. The zero-order valence-electron chi connectivity index (χ0n) is 19.4. The molecule has 0 atom stereocenters. The molecule has 0 aromatic carbocycles. The second-order valence-electron chi connectivity index (χ2n) is 9.43. The minimum absolute atomic E-state index is 0.0198. The molecule has 0 aliphatic carbocycles. The summed E-state index contributed by atoms with van der Waals surface area (Å²) in [5.74, 6) is -2.33. The average molecular weight is 413 g/mol.